The Hall–Kier alpha value is -4.74. The van der Waals surface area contributed by atoms with Crippen LogP contribution in [0, 0.1) is 6.92 Å². The third-order valence-corrected chi connectivity index (χ3v) is 5.99. The number of alkyl carbamates (subject to hydrolysis) is 1. The van der Waals surface area contributed by atoms with Crippen molar-refractivity contribution < 1.29 is 14.3 Å². The van der Waals surface area contributed by atoms with Gasteiger partial charge in [-0.2, -0.15) is 10.2 Å². The highest BCUT2D eigenvalue weighted by Gasteiger charge is 2.18. The summed E-state index contributed by atoms with van der Waals surface area (Å²) in [6, 6.07) is 9.58. The van der Waals surface area contributed by atoms with Gasteiger partial charge in [-0.25, -0.2) is 14.8 Å². The molecule has 2 amide bonds. The lowest BCUT2D eigenvalue weighted by molar-refractivity contribution is 0.0522. The molecule has 4 N–H and O–H groups in total. The minimum absolute atomic E-state index is 0.169. The summed E-state index contributed by atoms with van der Waals surface area (Å²) in [6.07, 6.45) is 4.33. The quantitative estimate of drug-likeness (QED) is 0.240. The van der Waals surface area contributed by atoms with Crippen molar-refractivity contribution >= 4 is 23.6 Å². The number of aromatic amines is 1. The number of benzene rings is 1. The van der Waals surface area contributed by atoms with E-state index < -0.39 is 11.7 Å². The molecule has 0 fully saturated rings. The van der Waals surface area contributed by atoms with E-state index in [2.05, 4.69) is 41.2 Å². The van der Waals surface area contributed by atoms with Crippen LogP contribution >= 0.6 is 0 Å². The van der Waals surface area contributed by atoms with Gasteiger partial charge in [0.1, 0.15) is 17.7 Å². The van der Waals surface area contributed by atoms with E-state index in [1.54, 1.807) is 23.1 Å². The van der Waals surface area contributed by atoms with Crippen LogP contribution in [0.25, 0.3) is 11.3 Å². The first-order chi connectivity index (χ1) is 19.3. The first kappa shape index (κ1) is 29.2. The fraction of sp³-hybridized carbons (Fsp3) is 0.379. The minimum Gasteiger partial charge on any atom is -0.444 e. The second kappa shape index (κ2) is 11.8. The van der Waals surface area contributed by atoms with E-state index in [0.717, 1.165) is 22.4 Å². The average molecular weight is 560 g/mol. The van der Waals surface area contributed by atoms with Crippen molar-refractivity contribution in [3.8, 4) is 11.3 Å². The number of amides is 2. The van der Waals surface area contributed by atoms with Crippen molar-refractivity contribution in [2.75, 3.05) is 5.32 Å². The first-order valence-electron chi connectivity index (χ1n) is 13.3. The number of nitrogens with one attached hydrogen (secondary N) is 4. The molecule has 12 nitrogen and oxygen atoms in total. The summed E-state index contributed by atoms with van der Waals surface area (Å²) in [6.45, 7) is 14.2. The van der Waals surface area contributed by atoms with Crippen LogP contribution in [-0.4, -0.2) is 47.5 Å². The average Bonchev–Trinajstić information content (AvgIpc) is 3.56. The SMILES string of the molecule is Cc1cc(-c2cc(Nc3cc(CNC(=O)OC(C)(C)C)[nH]n3)ncn2)ccc1CNC(=O)c1cnn(C(C)(C)C)c1. The highest BCUT2D eigenvalue weighted by Crippen LogP contribution is 2.23. The molecule has 0 atom stereocenters. The molecule has 4 aromatic rings. The number of H-pyrrole nitrogens is 1. The standard InChI is InChI=1S/C29H37N9O3/c1-18-10-19(8-9-20(18)13-30-26(39)21-14-34-38(16-21)28(2,3)4)23-12-24(33-17-32-23)35-25-11-22(36-37-25)15-31-27(40)41-29(5,6)7/h8-12,14,16-17H,13,15H2,1-7H3,(H,30,39)(H,31,40)(H2,32,33,35,36,37). The van der Waals surface area contributed by atoms with Crippen LogP contribution in [0.4, 0.5) is 16.4 Å². The van der Waals surface area contributed by atoms with Gasteiger partial charge in [-0.1, -0.05) is 12.1 Å². The monoisotopic (exact) mass is 559 g/mol. The minimum atomic E-state index is -0.567. The molecule has 0 aliphatic heterocycles. The number of nitrogens with zero attached hydrogens (tertiary/aromatic N) is 5. The van der Waals surface area contributed by atoms with Crippen molar-refractivity contribution in [2.45, 2.75) is 72.7 Å². The van der Waals surface area contributed by atoms with Gasteiger partial charge in [0.25, 0.3) is 5.91 Å². The van der Waals surface area contributed by atoms with Crippen LogP contribution in [0.2, 0.25) is 0 Å². The highest BCUT2D eigenvalue weighted by atomic mass is 16.6. The zero-order valence-corrected chi connectivity index (χ0v) is 24.5. The third-order valence-electron chi connectivity index (χ3n) is 5.99. The number of anilines is 2. The van der Waals surface area contributed by atoms with E-state index in [4.69, 9.17) is 4.74 Å². The molecular weight excluding hydrogens is 522 g/mol. The Morgan fingerprint density at radius 1 is 0.976 bits per heavy atom. The smallest absolute Gasteiger partial charge is 0.407 e. The summed E-state index contributed by atoms with van der Waals surface area (Å²) in [7, 11) is 0. The Morgan fingerprint density at radius 2 is 1.76 bits per heavy atom. The number of carbonyl (C=O) groups is 2. The van der Waals surface area contributed by atoms with Gasteiger partial charge in [-0.05, 0) is 65.7 Å². The number of hydrogen-bond acceptors (Lipinski definition) is 8. The van der Waals surface area contributed by atoms with Gasteiger partial charge in [0.2, 0.25) is 0 Å². The van der Waals surface area contributed by atoms with E-state index in [0.29, 0.717) is 29.4 Å². The van der Waals surface area contributed by atoms with E-state index in [1.807, 2.05) is 72.7 Å². The molecule has 216 valence electrons. The van der Waals surface area contributed by atoms with Crippen molar-refractivity contribution in [3.63, 3.8) is 0 Å². The molecule has 0 aliphatic rings. The molecule has 0 radical (unpaired) electrons. The molecule has 1 aromatic carbocycles. The van der Waals surface area contributed by atoms with Crippen LogP contribution < -0.4 is 16.0 Å². The molecule has 0 unspecified atom stereocenters. The molecule has 3 heterocycles. The summed E-state index contributed by atoms with van der Waals surface area (Å²) in [5.74, 6) is 0.946. The second-order valence-electron chi connectivity index (χ2n) is 11.7. The van der Waals surface area contributed by atoms with Gasteiger partial charge in [0, 0.05) is 30.4 Å². The lowest BCUT2D eigenvalue weighted by Crippen LogP contribution is -2.32. The number of hydrogen-bond donors (Lipinski definition) is 4. The van der Waals surface area contributed by atoms with Crippen molar-refractivity contribution in [2.24, 2.45) is 0 Å². The van der Waals surface area contributed by atoms with Crippen molar-refractivity contribution in [3.05, 3.63) is 71.4 Å². The molecule has 0 spiro atoms. The molecule has 0 saturated heterocycles. The molecule has 0 saturated carbocycles. The number of aromatic nitrogens is 6. The van der Waals surface area contributed by atoms with Gasteiger partial charge in [0.15, 0.2) is 5.82 Å². The van der Waals surface area contributed by atoms with E-state index in [1.165, 1.54) is 6.33 Å². The fourth-order valence-corrected chi connectivity index (χ4v) is 3.85. The summed E-state index contributed by atoms with van der Waals surface area (Å²) in [5, 5.41) is 20.2. The Bertz CT molecular complexity index is 1530. The lowest BCUT2D eigenvalue weighted by Gasteiger charge is -2.19. The van der Waals surface area contributed by atoms with E-state index >= 15 is 0 Å². The van der Waals surface area contributed by atoms with Crippen LogP contribution in [0.1, 0.15) is 68.7 Å². The molecule has 3 aromatic heterocycles. The molecule has 41 heavy (non-hydrogen) atoms. The Morgan fingerprint density at radius 3 is 2.44 bits per heavy atom. The summed E-state index contributed by atoms with van der Waals surface area (Å²) >= 11 is 0. The van der Waals surface area contributed by atoms with Crippen LogP contribution in [0.15, 0.2) is 49.1 Å². The van der Waals surface area contributed by atoms with E-state index in [9.17, 15) is 9.59 Å². The van der Waals surface area contributed by atoms with Crippen LogP contribution in [0.3, 0.4) is 0 Å². The number of rotatable bonds is 8. The number of carbonyl (C=O) groups excluding carboxylic acids is 2. The predicted molar refractivity (Wildman–Crippen MR) is 156 cm³/mol. The van der Waals surface area contributed by atoms with Gasteiger partial charge in [0.05, 0.1) is 35.2 Å². The zero-order valence-electron chi connectivity index (χ0n) is 24.5. The van der Waals surface area contributed by atoms with Gasteiger partial charge in [-0.15, -0.1) is 0 Å². The largest absolute Gasteiger partial charge is 0.444 e. The Balaban J connectivity index is 1.35. The maximum atomic E-state index is 12.6. The van der Waals surface area contributed by atoms with Crippen LogP contribution in [-0.2, 0) is 23.4 Å². The summed E-state index contributed by atoms with van der Waals surface area (Å²) in [4.78, 5) is 33.2. The summed E-state index contributed by atoms with van der Waals surface area (Å²) in [5.41, 5.74) is 4.15. The molecular formula is C29H37N9O3. The maximum Gasteiger partial charge on any atom is 0.407 e. The number of ether oxygens (including phenoxy) is 1. The number of aryl methyl sites for hydroxylation is 1. The third kappa shape index (κ3) is 8.13. The molecule has 0 aliphatic carbocycles. The Labute approximate surface area is 239 Å². The first-order valence-corrected chi connectivity index (χ1v) is 13.3. The predicted octanol–water partition coefficient (Wildman–Crippen LogP) is 4.82. The molecule has 4 rings (SSSR count). The fourth-order valence-electron chi connectivity index (χ4n) is 3.85. The highest BCUT2D eigenvalue weighted by molar-refractivity contribution is 5.93. The zero-order chi connectivity index (χ0) is 29.8. The molecule has 0 bridgehead atoms. The second-order valence-corrected chi connectivity index (χ2v) is 11.7. The maximum absolute atomic E-state index is 12.6. The summed E-state index contributed by atoms with van der Waals surface area (Å²) < 4.78 is 7.03. The van der Waals surface area contributed by atoms with Crippen LogP contribution in [0.5, 0.6) is 0 Å². The van der Waals surface area contributed by atoms with E-state index in [-0.39, 0.29) is 18.0 Å². The Kier molecular flexibility index (Phi) is 8.41. The van der Waals surface area contributed by atoms with Gasteiger partial charge < -0.3 is 20.7 Å². The van der Waals surface area contributed by atoms with Crippen molar-refractivity contribution in [1.82, 2.24) is 40.6 Å². The van der Waals surface area contributed by atoms with Crippen molar-refractivity contribution in [1.29, 1.82) is 0 Å². The molecule has 12 heteroatoms. The van der Waals surface area contributed by atoms with Gasteiger partial charge >= 0.3 is 6.09 Å². The van der Waals surface area contributed by atoms with Gasteiger partial charge in [-0.3, -0.25) is 14.6 Å². The normalized spacial score (nSPS) is 11.7. The lowest BCUT2D eigenvalue weighted by atomic mass is 10.0. The topological polar surface area (TPSA) is 152 Å².